The normalized spacial score (nSPS) is 11.7. The molecule has 2 aromatic rings. The molecule has 0 atom stereocenters. The van der Waals surface area contributed by atoms with Gasteiger partial charge < -0.3 is 19.9 Å². The van der Waals surface area contributed by atoms with Crippen molar-refractivity contribution in [2.24, 2.45) is 12.0 Å². The molecule has 8 heteroatoms. The Kier molecular flexibility index (Phi) is 9.13. The van der Waals surface area contributed by atoms with Crippen molar-refractivity contribution in [3.63, 3.8) is 0 Å². The van der Waals surface area contributed by atoms with E-state index in [2.05, 4.69) is 50.3 Å². The van der Waals surface area contributed by atoms with Crippen LogP contribution in [-0.4, -0.2) is 40.5 Å². The standard InChI is InChI=1S/C18H30N6OS/c1-4-5-10-25-11-7-9-19-18(20-13-16-8-6-12-26-16)21-14-17-23-22-15(2)24(17)3/h6,8,12H,4-5,7,9-11,13-14H2,1-3H3,(H2,19,20,21). The summed E-state index contributed by atoms with van der Waals surface area (Å²) in [6.45, 7) is 7.80. The molecule has 0 fully saturated rings. The number of ether oxygens (including phenoxy) is 1. The number of hydrogen-bond donors (Lipinski definition) is 2. The first kappa shape index (κ1) is 20.4. The van der Waals surface area contributed by atoms with Gasteiger partial charge in [0.2, 0.25) is 0 Å². The van der Waals surface area contributed by atoms with Crippen molar-refractivity contribution in [1.29, 1.82) is 0 Å². The third-order valence-corrected chi connectivity index (χ3v) is 4.85. The van der Waals surface area contributed by atoms with Crippen molar-refractivity contribution < 1.29 is 4.74 Å². The fraction of sp³-hybridized carbons (Fsp3) is 0.611. The van der Waals surface area contributed by atoms with Crippen LogP contribution < -0.4 is 10.6 Å². The monoisotopic (exact) mass is 378 g/mol. The van der Waals surface area contributed by atoms with Gasteiger partial charge in [0.05, 0.1) is 6.54 Å². The molecule has 2 rings (SSSR count). The molecule has 144 valence electrons. The van der Waals surface area contributed by atoms with Crippen LogP contribution in [0.2, 0.25) is 0 Å². The Morgan fingerprint density at radius 3 is 2.81 bits per heavy atom. The zero-order valence-electron chi connectivity index (χ0n) is 16.0. The smallest absolute Gasteiger partial charge is 0.192 e. The number of nitrogens with one attached hydrogen (secondary N) is 2. The Morgan fingerprint density at radius 1 is 1.27 bits per heavy atom. The molecule has 2 N–H and O–H groups in total. The van der Waals surface area contributed by atoms with E-state index in [-0.39, 0.29) is 0 Å². The first-order valence-corrected chi connectivity index (χ1v) is 10.1. The molecule has 7 nitrogen and oxygen atoms in total. The van der Waals surface area contributed by atoms with Gasteiger partial charge in [-0.3, -0.25) is 0 Å². The second kappa shape index (κ2) is 11.6. The summed E-state index contributed by atoms with van der Waals surface area (Å²) in [4.78, 5) is 5.92. The Hall–Kier alpha value is -1.93. The van der Waals surface area contributed by atoms with Crippen LogP contribution in [0.15, 0.2) is 22.5 Å². The fourth-order valence-corrected chi connectivity index (χ4v) is 2.87. The number of thiophene rings is 1. The van der Waals surface area contributed by atoms with Crippen LogP contribution in [0.3, 0.4) is 0 Å². The third kappa shape index (κ3) is 7.13. The molecule has 0 aliphatic carbocycles. The van der Waals surface area contributed by atoms with Gasteiger partial charge in [0.25, 0.3) is 0 Å². The van der Waals surface area contributed by atoms with Crippen LogP contribution in [0, 0.1) is 6.92 Å². The van der Waals surface area contributed by atoms with E-state index in [1.54, 1.807) is 11.3 Å². The number of guanidine groups is 1. The molecule has 2 aromatic heterocycles. The molecule has 0 saturated heterocycles. The van der Waals surface area contributed by atoms with Crippen LogP contribution >= 0.6 is 11.3 Å². The van der Waals surface area contributed by atoms with Gasteiger partial charge in [0.1, 0.15) is 12.4 Å². The maximum Gasteiger partial charge on any atom is 0.192 e. The maximum absolute atomic E-state index is 5.60. The Morgan fingerprint density at radius 2 is 2.12 bits per heavy atom. The van der Waals surface area contributed by atoms with Crippen molar-refractivity contribution >= 4 is 17.3 Å². The molecular formula is C18H30N6OS. The van der Waals surface area contributed by atoms with E-state index in [0.29, 0.717) is 6.54 Å². The number of aryl methyl sites for hydroxylation is 1. The van der Waals surface area contributed by atoms with Gasteiger partial charge in [-0.25, -0.2) is 4.99 Å². The Labute approximate surface area is 159 Å². The lowest BCUT2D eigenvalue weighted by Crippen LogP contribution is -2.37. The van der Waals surface area contributed by atoms with Gasteiger partial charge in [0, 0.05) is 31.7 Å². The first-order valence-electron chi connectivity index (χ1n) is 9.18. The van der Waals surface area contributed by atoms with Crippen molar-refractivity contribution in [1.82, 2.24) is 25.4 Å². The number of hydrogen-bond acceptors (Lipinski definition) is 5. The van der Waals surface area contributed by atoms with Gasteiger partial charge in [-0.2, -0.15) is 0 Å². The largest absolute Gasteiger partial charge is 0.381 e. The highest BCUT2D eigenvalue weighted by Crippen LogP contribution is 2.07. The van der Waals surface area contributed by atoms with Crippen LogP contribution in [0.4, 0.5) is 0 Å². The zero-order valence-corrected chi connectivity index (χ0v) is 16.8. The van der Waals surface area contributed by atoms with E-state index >= 15 is 0 Å². The Bertz CT molecular complexity index is 653. The van der Waals surface area contributed by atoms with E-state index in [1.807, 2.05) is 18.5 Å². The summed E-state index contributed by atoms with van der Waals surface area (Å²) in [7, 11) is 1.96. The fourth-order valence-electron chi connectivity index (χ4n) is 2.23. The summed E-state index contributed by atoms with van der Waals surface area (Å²) in [6.07, 6.45) is 3.25. The molecule has 0 aromatic carbocycles. The highest BCUT2D eigenvalue weighted by atomic mass is 32.1. The summed E-state index contributed by atoms with van der Waals surface area (Å²) >= 11 is 1.73. The second-order valence-corrected chi connectivity index (χ2v) is 7.10. The molecule has 0 spiro atoms. The zero-order chi connectivity index (χ0) is 18.6. The second-order valence-electron chi connectivity index (χ2n) is 6.07. The lowest BCUT2D eigenvalue weighted by atomic mass is 10.4. The number of unbranched alkanes of at least 4 members (excludes halogenated alkanes) is 1. The SMILES string of the molecule is CCCCOCCCNC(=NCc1nnc(C)n1C)NCc1cccs1. The summed E-state index contributed by atoms with van der Waals surface area (Å²) in [5.74, 6) is 2.52. The van der Waals surface area contributed by atoms with Crippen molar-refractivity contribution in [3.05, 3.63) is 34.0 Å². The molecule has 0 radical (unpaired) electrons. The molecule has 0 aliphatic heterocycles. The highest BCUT2D eigenvalue weighted by molar-refractivity contribution is 7.09. The van der Waals surface area contributed by atoms with Crippen LogP contribution in [0.25, 0.3) is 0 Å². The van der Waals surface area contributed by atoms with Crippen molar-refractivity contribution in [2.45, 2.75) is 46.2 Å². The van der Waals surface area contributed by atoms with Gasteiger partial charge >= 0.3 is 0 Å². The number of aliphatic imine (C=N–C) groups is 1. The number of aromatic nitrogens is 3. The maximum atomic E-state index is 5.60. The molecule has 0 amide bonds. The number of rotatable bonds is 11. The summed E-state index contributed by atoms with van der Waals surface area (Å²) < 4.78 is 7.56. The minimum Gasteiger partial charge on any atom is -0.381 e. The van der Waals surface area contributed by atoms with E-state index in [0.717, 1.165) is 56.8 Å². The average molecular weight is 379 g/mol. The summed E-state index contributed by atoms with van der Waals surface area (Å²) in [5.41, 5.74) is 0. The molecular weight excluding hydrogens is 348 g/mol. The first-order chi connectivity index (χ1) is 12.7. The summed E-state index contributed by atoms with van der Waals surface area (Å²) in [6, 6.07) is 4.17. The van der Waals surface area contributed by atoms with Crippen molar-refractivity contribution in [3.8, 4) is 0 Å². The predicted octanol–water partition coefficient (Wildman–Crippen LogP) is 2.63. The predicted molar refractivity (Wildman–Crippen MR) is 106 cm³/mol. The Balaban J connectivity index is 1.82. The molecule has 0 unspecified atom stereocenters. The highest BCUT2D eigenvalue weighted by Gasteiger charge is 2.05. The molecule has 0 aliphatic rings. The van der Waals surface area contributed by atoms with Gasteiger partial charge in [-0.15, -0.1) is 21.5 Å². The van der Waals surface area contributed by atoms with E-state index in [9.17, 15) is 0 Å². The molecule has 2 heterocycles. The third-order valence-electron chi connectivity index (χ3n) is 3.97. The van der Waals surface area contributed by atoms with E-state index < -0.39 is 0 Å². The van der Waals surface area contributed by atoms with Gasteiger partial charge in [-0.05, 0) is 31.2 Å². The summed E-state index contributed by atoms with van der Waals surface area (Å²) in [5, 5.41) is 17.1. The van der Waals surface area contributed by atoms with E-state index in [1.165, 1.54) is 11.3 Å². The quantitative estimate of drug-likeness (QED) is 0.357. The van der Waals surface area contributed by atoms with E-state index in [4.69, 9.17) is 4.74 Å². The average Bonchev–Trinajstić information content (AvgIpc) is 3.27. The minimum absolute atomic E-state index is 0.490. The molecule has 0 saturated carbocycles. The van der Waals surface area contributed by atoms with Gasteiger partial charge in [0.15, 0.2) is 11.8 Å². The topological polar surface area (TPSA) is 76.4 Å². The minimum atomic E-state index is 0.490. The lowest BCUT2D eigenvalue weighted by molar-refractivity contribution is 0.129. The van der Waals surface area contributed by atoms with Gasteiger partial charge in [-0.1, -0.05) is 19.4 Å². The number of nitrogens with zero attached hydrogens (tertiary/aromatic N) is 4. The van der Waals surface area contributed by atoms with Crippen LogP contribution in [-0.2, 0) is 24.9 Å². The lowest BCUT2D eigenvalue weighted by Gasteiger charge is -2.12. The van der Waals surface area contributed by atoms with Crippen LogP contribution in [0.5, 0.6) is 0 Å². The molecule has 26 heavy (non-hydrogen) atoms. The van der Waals surface area contributed by atoms with Crippen LogP contribution in [0.1, 0.15) is 42.7 Å². The van der Waals surface area contributed by atoms with Crippen molar-refractivity contribution in [2.75, 3.05) is 19.8 Å². The molecule has 0 bridgehead atoms.